The summed E-state index contributed by atoms with van der Waals surface area (Å²) in [6.45, 7) is 11.8. The van der Waals surface area contributed by atoms with Crippen molar-refractivity contribution >= 4 is 17.7 Å². The van der Waals surface area contributed by atoms with Gasteiger partial charge in [0.15, 0.2) is 0 Å². The number of primary amides is 1. The lowest BCUT2D eigenvalue weighted by molar-refractivity contribution is 0.0755. The maximum atomic E-state index is 14.3. The van der Waals surface area contributed by atoms with Crippen molar-refractivity contribution in [1.29, 1.82) is 0 Å². The average Bonchev–Trinajstić information content (AvgIpc) is 2.91. The van der Waals surface area contributed by atoms with Gasteiger partial charge in [0.2, 0.25) is 5.91 Å². The van der Waals surface area contributed by atoms with E-state index in [-0.39, 0.29) is 41.4 Å². The number of benzene rings is 2. The molecule has 5 N–H and O–H groups in total. The first kappa shape index (κ1) is 32.9. The SMILES string of the molecule is CCCN(CCC)C(=O)c1cc(C(N)=O)cc(C(=O)N[C@@H](Cc2ccc(C)c(F)c2)[C@H](O)CNCCC(C)C)c1. The quantitative estimate of drug-likeness (QED) is 0.234. The van der Waals surface area contributed by atoms with Crippen LogP contribution in [0.25, 0.3) is 0 Å². The Morgan fingerprint density at radius 3 is 2.20 bits per heavy atom. The minimum atomic E-state index is -0.981. The second-order valence-corrected chi connectivity index (χ2v) is 10.8. The van der Waals surface area contributed by atoms with Crippen molar-refractivity contribution in [3.05, 3.63) is 70.0 Å². The second-order valence-electron chi connectivity index (χ2n) is 10.8. The van der Waals surface area contributed by atoms with E-state index in [2.05, 4.69) is 24.5 Å². The number of aliphatic hydroxyl groups excluding tert-OH is 1. The highest BCUT2D eigenvalue weighted by Crippen LogP contribution is 2.16. The molecule has 0 bridgehead atoms. The molecule has 40 heavy (non-hydrogen) atoms. The zero-order valence-corrected chi connectivity index (χ0v) is 24.4. The lowest BCUT2D eigenvalue weighted by Gasteiger charge is -2.26. The van der Waals surface area contributed by atoms with E-state index >= 15 is 0 Å². The van der Waals surface area contributed by atoms with Crippen LogP contribution in [0.4, 0.5) is 4.39 Å². The lowest BCUT2D eigenvalue weighted by atomic mass is 9.98. The number of hydrogen-bond acceptors (Lipinski definition) is 5. The first-order valence-electron chi connectivity index (χ1n) is 14.2. The largest absolute Gasteiger partial charge is 0.390 e. The molecule has 0 aliphatic heterocycles. The molecular formula is C31H45FN4O4. The van der Waals surface area contributed by atoms with Crippen molar-refractivity contribution < 1.29 is 23.9 Å². The first-order chi connectivity index (χ1) is 19.0. The van der Waals surface area contributed by atoms with Gasteiger partial charge in [-0.05, 0) is 80.5 Å². The molecular weight excluding hydrogens is 511 g/mol. The number of aliphatic hydroxyl groups is 1. The number of hydrogen-bond donors (Lipinski definition) is 4. The predicted molar refractivity (Wildman–Crippen MR) is 156 cm³/mol. The van der Waals surface area contributed by atoms with E-state index in [1.807, 2.05) is 13.8 Å². The van der Waals surface area contributed by atoms with Crippen LogP contribution < -0.4 is 16.4 Å². The minimum absolute atomic E-state index is 0.0389. The zero-order chi connectivity index (χ0) is 29.8. The summed E-state index contributed by atoms with van der Waals surface area (Å²) in [5.41, 5.74) is 6.96. The number of nitrogens with zero attached hydrogens (tertiary/aromatic N) is 1. The number of amides is 3. The van der Waals surface area contributed by atoms with E-state index in [0.717, 1.165) is 19.3 Å². The topological polar surface area (TPSA) is 125 Å². The van der Waals surface area contributed by atoms with Crippen molar-refractivity contribution in [2.45, 2.75) is 72.4 Å². The molecule has 2 aromatic carbocycles. The van der Waals surface area contributed by atoms with Gasteiger partial charge in [0.25, 0.3) is 11.8 Å². The molecule has 0 radical (unpaired) electrons. The van der Waals surface area contributed by atoms with Crippen LogP contribution in [0.2, 0.25) is 0 Å². The molecule has 0 aliphatic rings. The summed E-state index contributed by atoms with van der Waals surface area (Å²) < 4.78 is 14.3. The lowest BCUT2D eigenvalue weighted by Crippen LogP contribution is -2.49. The zero-order valence-electron chi connectivity index (χ0n) is 24.4. The number of halogens is 1. The molecule has 0 heterocycles. The molecule has 0 aliphatic carbocycles. The maximum absolute atomic E-state index is 14.3. The summed E-state index contributed by atoms with van der Waals surface area (Å²) in [4.78, 5) is 40.5. The van der Waals surface area contributed by atoms with Gasteiger partial charge in [-0.25, -0.2) is 4.39 Å². The highest BCUT2D eigenvalue weighted by molar-refractivity contribution is 6.04. The fourth-order valence-corrected chi connectivity index (χ4v) is 4.40. The van der Waals surface area contributed by atoms with E-state index in [1.165, 1.54) is 24.3 Å². The summed E-state index contributed by atoms with van der Waals surface area (Å²) >= 11 is 0. The standard InChI is InChI=1S/C31H45FN4O4/c1-6-12-36(13-7-2)31(40)25-17-23(29(33)38)16-24(18-25)30(39)35-27(28(37)19-34-11-10-20(3)4)15-22-9-8-21(5)26(32)14-22/h8-9,14,16-18,20,27-28,34,37H,6-7,10-13,15,19H2,1-5H3,(H2,33,38)(H,35,39)/t27-,28+/m0/s1. The smallest absolute Gasteiger partial charge is 0.253 e. The van der Waals surface area contributed by atoms with Gasteiger partial charge >= 0.3 is 0 Å². The number of rotatable bonds is 16. The number of carbonyl (C=O) groups excluding carboxylic acids is 3. The Kier molecular flexibility index (Phi) is 13.2. The molecule has 2 aromatic rings. The summed E-state index contributed by atoms with van der Waals surface area (Å²) in [7, 11) is 0. The number of carbonyl (C=O) groups is 3. The predicted octanol–water partition coefficient (Wildman–Crippen LogP) is 3.83. The third-order valence-corrected chi connectivity index (χ3v) is 6.73. The van der Waals surface area contributed by atoms with Crippen LogP contribution >= 0.6 is 0 Å². The van der Waals surface area contributed by atoms with Crippen molar-refractivity contribution in [3.63, 3.8) is 0 Å². The van der Waals surface area contributed by atoms with Crippen LogP contribution in [0, 0.1) is 18.7 Å². The Labute approximate surface area is 237 Å². The summed E-state index contributed by atoms with van der Waals surface area (Å²) in [6, 6.07) is 8.23. The van der Waals surface area contributed by atoms with Crippen LogP contribution in [0.15, 0.2) is 36.4 Å². The monoisotopic (exact) mass is 556 g/mol. The Morgan fingerprint density at radius 2 is 1.62 bits per heavy atom. The molecule has 2 atom stereocenters. The van der Waals surface area contributed by atoms with Gasteiger partial charge in [0.05, 0.1) is 12.1 Å². The number of nitrogens with one attached hydrogen (secondary N) is 2. The van der Waals surface area contributed by atoms with Crippen LogP contribution in [-0.4, -0.2) is 66.1 Å². The minimum Gasteiger partial charge on any atom is -0.390 e. The molecule has 2 rings (SSSR count). The summed E-state index contributed by atoms with van der Waals surface area (Å²) in [6.07, 6.45) is 1.65. The van der Waals surface area contributed by atoms with E-state index < -0.39 is 24.0 Å². The second kappa shape index (κ2) is 16.1. The Balaban J connectivity index is 2.36. The van der Waals surface area contributed by atoms with Gasteiger partial charge in [-0.2, -0.15) is 0 Å². The maximum Gasteiger partial charge on any atom is 0.253 e. The van der Waals surface area contributed by atoms with Crippen LogP contribution in [0.5, 0.6) is 0 Å². The normalized spacial score (nSPS) is 12.7. The van der Waals surface area contributed by atoms with E-state index in [9.17, 15) is 23.9 Å². The Hall–Kier alpha value is -3.30. The van der Waals surface area contributed by atoms with Crippen molar-refractivity contribution in [2.24, 2.45) is 11.7 Å². The van der Waals surface area contributed by atoms with Crippen LogP contribution in [-0.2, 0) is 6.42 Å². The van der Waals surface area contributed by atoms with Crippen LogP contribution in [0.1, 0.15) is 89.2 Å². The molecule has 0 saturated carbocycles. The fourth-order valence-electron chi connectivity index (χ4n) is 4.40. The highest BCUT2D eigenvalue weighted by Gasteiger charge is 2.25. The molecule has 0 saturated heterocycles. The average molecular weight is 557 g/mol. The Bertz CT molecular complexity index is 1150. The molecule has 0 fully saturated rings. The van der Waals surface area contributed by atoms with Gasteiger partial charge in [-0.15, -0.1) is 0 Å². The summed E-state index contributed by atoms with van der Waals surface area (Å²) in [5, 5.41) is 17.1. The Morgan fingerprint density at radius 1 is 1.00 bits per heavy atom. The molecule has 220 valence electrons. The van der Waals surface area contributed by atoms with Gasteiger partial charge in [-0.1, -0.05) is 39.8 Å². The molecule has 0 unspecified atom stereocenters. The molecule has 0 aromatic heterocycles. The molecule has 3 amide bonds. The first-order valence-corrected chi connectivity index (χ1v) is 14.2. The van der Waals surface area contributed by atoms with E-state index in [1.54, 1.807) is 24.0 Å². The van der Waals surface area contributed by atoms with Gasteiger partial charge in [-0.3, -0.25) is 14.4 Å². The van der Waals surface area contributed by atoms with Gasteiger partial charge in [0, 0.05) is 36.3 Å². The highest BCUT2D eigenvalue weighted by atomic mass is 19.1. The fraction of sp³-hybridized carbons (Fsp3) is 0.516. The van der Waals surface area contributed by atoms with Crippen LogP contribution in [0.3, 0.4) is 0 Å². The van der Waals surface area contributed by atoms with Gasteiger partial charge in [0.1, 0.15) is 5.82 Å². The van der Waals surface area contributed by atoms with Crippen molar-refractivity contribution in [3.8, 4) is 0 Å². The number of aryl methyl sites for hydroxylation is 1. The summed E-state index contributed by atoms with van der Waals surface area (Å²) in [5.74, 6) is -1.50. The third kappa shape index (κ3) is 10.0. The van der Waals surface area contributed by atoms with Crippen molar-refractivity contribution in [2.75, 3.05) is 26.2 Å². The number of nitrogens with two attached hydrogens (primary N) is 1. The molecule has 0 spiro atoms. The molecule has 9 heteroatoms. The molecule has 8 nitrogen and oxygen atoms in total. The van der Waals surface area contributed by atoms with Gasteiger partial charge < -0.3 is 26.4 Å². The van der Waals surface area contributed by atoms with Crippen molar-refractivity contribution in [1.82, 2.24) is 15.5 Å². The van der Waals surface area contributed by atoms with E-state index in [4.69, 9.17) is 5.73 Å². The van der Waals surface area contributed by atoms with E-state index in [0.29, 0.717) is 36.7 Å². The third-order valence-electron chi connectivity index (χ3n) is 6.73.